The molecule has 0 N–H and O–H groups in total. The highest BCUT2D eigenvalue weighted by Crippen LogP contribution is 2.30. The summed E-state index contributed by atoms with van der Waals surface area (Å²) in [5.41, 5.74) is 4.10. The Labute approximate surface area is 118 Å². The van der Waals surface area contributed by atoms with E-state index in [9.17, 15) is 0 Å². The summed E-state index contributed by atoms with van der Waals surface area (Å²) in [5, 5.41) is 0. The maximum Gasteiger partial charge on any atom is 0.120 e. The average Bonchev–Trinajstić information content (AvgIpc) is 2.46. The van der Waals surface area contributed by atoms with Crippen LogP contribution < -0.4 is 9.64 Å². The number of nitrogens with zero attached hydrogens (tertiary/aromatic N) is 2. The van der Waals surface area contributed by atoms with E-state index in [1.54, 1.807) is 7.11 Å². The molecule has 19 heavy (non-hydrogen) atoms. The number of anilines is 2. The molecule has 0 atom stereocenters. The fourth-order valence-electron chi connectivity index (χ4n) is 1.95. The van der Waals surface area contributed by atoms with E-state index in [0.717, 1.165) is 28.4 Å². The van der Waals surface area contributed by atoms with Crippen LogP contribution in [0.1, 0.15) is 11.3 Å². The highest BCUT2D eigenvalue weighted by atomic mass is 35.5. The molecule has 2 rings (SSSR count). The van der Waals surface area contributed by atoms with E-state index in [4.69, 9.17) is 16.3 Å². The van der Waals surface area contributed by atoms with E-state index >= 15 is 0 Å². The van der Waals surface area contributed by atoms with E-state index in [-0.39, 0.29) is 0 Å². The van der Waals surface area contributed by atoms with Gasteiger partial charge in [0, 0.05) is 41.9 Å². The van der Waals surface area contributed by atoms with Crippen LogP contribution in [0, 0.1) is 6.92 Å². The topological polar surface area (TPSA) is 25.4 Å². The molecule has 1 aromatic heterocycles. The Morgan fingerprint density at radius 3 is 2.79 bits per heavy atom. The maximum atomic E-state index is 5.98. The molecule has 0 aliphatic carbocycles. The highest BCUT2D eigenvalue weighted by molar-refractivity contribution is 6.17. The van der Waals surface area contributed by atoms with Crippen LogP contribution in [0.3, 0.4) is 0 Å². The van der Waals surface area contributed by atoms with Gasteiger partial charge in [-0.05, 0) is 25.1 Å². The molecule has 0 spiro atoms. The van der Waals surface area contributed by atoms with E-state index in [2.05, 4.69) is 9.88 Å². The molecule has 1 heterocycles. The number of halogens is 1. The first-order valence-corrected chi connectivity index (χ1v) is 6.58. The number of aromatic nitrogens is 1. The van der Waals surface area contributed by atoms with E-state index in [1.165, 1.54) is 0 Å². The lowest BCUT2D eigenvalue weighted by Crippen LogP contribution is -2.12. The summed E-state index contributed by atoms with van der Waals surface area (Å²) in [6.45, 7) is 1.97. The first kappa shape index (κ1) is 13.7. The molecule has 3 nitrogen and oxygen atoms in total. The number of hydrogen-bond acceptors (Lipinski definition) is 3. The van der Waals surface area contributed by atoms with Gasteiger partial charge in [0.1, 0.15) is 5.75 Å². The second-order valence-electron chi connectivity index (χ2n) is 4.35. The van der Waals surface area contributed by atoms with Gasteiger partial charge in [0.15, 0.2) is 0 Å². The second-order valence-corrected chi connectivity index (χ2v) is 4.62. The highest BCUT2D eigenvalue weighted by Gasteiger charge is 2.10. The zero-order chi connectivity index (χ0) is 13.8. The van der Waals surface area contributed by atoms with Crippen LogP contribution in [-0.4, -0.2) is 19.1 Å². The summed E-state index contributed by atoms with van der Waals surface area (Å²) >= 11 is 5.98. The molecule has 0 saturated carbocycles. The fraction of sp³-hybridized carbons (Fsp3) is 0.267. The van der Waals surface area contributed by atoms with E-state index < -0.39 is 0 Å². The molecule has 1 aromatic carbocycles. The third-order valence-electron chi connectivity index (χ3n) is 3.04. The van der Waals surface area contributed by atoms with Crippen LogP contribution in [0.5, 0.6) is 5.75 Å². The Kier molecular flexibility index (Phi) is 4.27. The number of ether oxygens (including phenoxy) is 1. The second kappa shape index (κ2) is 5.93. The quantitative estimate of drug-likeness (QED) is 0.792. The van der Waals surface area contributed by atoms with Gasteiger partial charge in [-0.15, -0.1) is 11.6 Å². The van der Waals surface area contributed by atoms with Crippen molar-refractivity contribution in [2.75, 3.05) is 19.1 Å². The van der Waals surface area contributed by atoms with Crippen molar-refractivity contribution in [2.45, 2.75) is 12.8 Å². The molecular formula is C15H17ClN2O. The molecule has 0 aliphatic rings. The molecular weight excluding hydrogens is 260 g/mol. The molecule has 0 fully saturated rings. The summed E-state index contributed by atoms with van der Waals surface area (Å²) in [6.07, 6.45) is 1.83. The van der Waals surface area contributed by atoms with Crippen LogP contribution in [0.25, 0.3) is 0 Å². The number of aryl methyl sites for hydroxylation is 1. The van der Waals surface area contributed by atoms with Crippen LogP contribution in [0.15, 0.2) is 36.5 Å². The van der Waals surface area contributed by atoms with Crippen LogP contribution >= 0.6 is 11.6 Å². The molecule has 0 unspecified atom stereocenters. The van der Waals surface area contributed by atoms with Crippen LogP contribution in [0.2, 0.25) is 0 Å². The van der Waals surface area contributed by atoms with Crippen molar-refractivity contribution in [1.82, 2.24) is 4.98 Å². The normalized spacial score (nSPS) is 10.3. The van der Waals surface area contributed by atoms with Gasteiger partial charge in [-0.3, -0.25) is 4.98 Å². The minimum absolute atomic E-state index is 0.441. The lowest BCUT2D eigenvalue weighted by molar-refractivity contribution is 0.415. The fourth-order valence-corrected chi connectivity index (χ4v) is 2.15. The van der Waals surface area contributed by atoms with Gasteiger partial charge in [-0.1, -0.05) is 6.07 Å². The van der Waals surface area contributed by atoms with E-state index in [1.807, 2.05) is 50.5 Å². The lowest BCUT2D eigenvalue weighted by atomic mass is 10.2. The van der Waals surface area contributed by atoms with Gasteiger partial charge in [-0.2, -0.15) is 0 Å². The van der Waals surface area contributed by atoms with Gasteiger partial charge in [-0.25, -0.2) is 0 Å². The zero-order valence-electron chi connectivity index (χ0n) is 11.4. The molecule has 0 amide bonds. The number of methoxy groups -OCH3 is 1. The van der Waals surface area contributed by atoms with Crippen LogP contribution in [0.4, 0.5) is 11.4 Å². The van der Waals surface area contributed by atoms with Gasteiger partial charge >= 0.3 is 0 Å². The Bertz CT molecular complexity index is 572. The van der Waals surface area contributed by atoms with E-state index in [0.29, 0.717) is 5.88 Å². The molecule has 0 saturated heterocycles. The number of benzene rings is 1. The third-order valence-corrected chi connectivity index (χ3v) is 3.33. The predicted octanol–water partition coefficient (Wildman–Crippen LogP) is 3.91. The third kappa shape index (κ3) is 2.99. The number of hydrogen-bond donors (Lipinski definition) is 0. The first-order chi connectivity index (χ1) is 9.15. The number of pyridine rings is 1. The van der Waals surface area contributed by atoms with Crippen molar-refractivity contribution < 1.29 is 4.74 Å². The largest absolute Gasteiger partial charge is 0.497 e. The standard InChI is InChI=1S/C15H17ClN2O/c1-11-7-15(12(9-16)10-17-11)18(2)13-5-4-6-14(8-13)19-3/h4-8,10H,9H2,1-3H3. The Balaban J connectivity index is 2.42. The summed E-state index contributed by atoms with van der Waals surface area (Å²) in [7, 11) is 3.68. The van der Waals surface area contributed by atoms with Crippen molar-refractivity contribution in [3.8, 4) is 5.75 Å². The van der Waals surface area contributed by atoms with Crippen molar-refractivity contribution in [3.05, 3.63) is 47.8 Å². The summed E-state index contributed by atoms with van der Waals surface area (Å²) < 4.78 is 5.26. The Morgan fingerprint density at radius 2 is 2.11 bits per heavy atom. The minimum Gasteiger partial charge on any atom is -0.497 e. The Morgan fingerprint density at radius 1 is 1.32 bits per heavy atom. The smallest absolute Gasteiger partial charge is 0.120 e. The summed E-state index contributed by atoms with van der Waals surface area (Å²) in [4.78, 5) is 6.38. The van der Waals surface area contributed by atoms with Crippen molar-refractivity contribution in [3.63, 3.8) is 0 Å². The minimum atomic E-state index is 0.441. The van der Waals surface area contributed by atoms with Gasteiger partial charge in [0.25, 0.3) is 0 Å². The average molecular weight is 277 g/mol. The molecule has 4 heteroatoms. The SMILES string of the molecule is COc1cccc(N(C)c2cc(C)ncc2CCl)c1. The monoisotopic (exact) mass is 276 g/mol. The van der Waals surface area contributed by atoms with Gasteiger partial charge < -0.3 is 9.64 Å². The molecule has 0 aliphatic heterocycles. The summed E-state index contributed by atoms with van der Waals surface area (Å²) in [6, 6.07) is 9.97. The summed E-state index contributed by atoms with van der Waals surface area (Å²) in [5.74, 6) is 1.28. The molecule has 100 valence electrons. The lowest BCUT2D eigenvalue weighted by Gasteiger charge is -2.22. The van der Waals surface area contributed by atoms with Gasteiger partial charge in [0.2, 0.25) is 0 Å². The number of rotatable bonds is 4. The van der Waals surface area contributed by atoms with Crippen molar-refractivity contribution >= 4 is 23.0 Å². The molecule has 0 radical (unpaired) electrons. The maximum absolute atomic E-state index is 5.98. The predicted molar refractivity (Wildman–Crippen MR) is 79.6 cm³/mol. The van der Waals surface area contributed by atoms with Crippen LogP contribution in [-0.2, 0) is 5.88 Å². The Hall–Kier alpha value is -1.74. The zero-order valence-corrected chi connectivity index (χ0v) is 12.1. The first-order valence-electron chi connectivity index (χ1n) is 6.05. The number of alkyl halides is 1. The van der Waals surface area contributed by atoms with Gasteiger partial charge in [0.05, 0.1) is 13.0 Å². The van der Waals surface area contributed by atoms with Crippen molar-refractivity contribution in [1.29, 1.82) is 0 Å². The molecule has 0 bridgehead atoms. The van der Waals surface area contributed by atoms with Crippen molar-refractivity contribution in [2.24, 2.45) is 0 Å². The molecule has 2 aromatic rings.